The number of benzene rings is 2. The normalized spacial score (nSPS) is 10.4. The number of hydrogen-bond acceptors (Lipinski definition) is 4. The van der Waals surface area contributed by atoms with E-state index in [9.17, 15) is 4.79 Å². The minimum absolute atomic E-state index is 0.0963. The van der Waals surface area contributed by atoms with Crippen molar-refractivity contribution < 1.29 is 14.6 Å². The van der Waals surface area contributed by atoms with Gasteiger partial charge < -0.3 is 20.9 Å². The summed E-state index contributed by atoms with van der Waals surface area (Å²) in [5.41, 5.74) is 7.55. The average Bonchev–Trinajstić information content (AvgIpc) is 2.52. The van der Waals surface area contributed by atoms with Crippen molar-refractivity contribution in [1.29, 1.82) is 0 Å². The first-order chi connectivity index (χ1) is 11.0. The van der Waals surface area contributed by atoms with Gasteiger partial charge in [-0.05, 0) is 29.8 Å². The summed E-state index contributed by atoms with van der Waals surface area (Å²) in [6.07, 6.45) is 0. The highest BCUT2D eigenvalue weighted by atomic mass is 35.5. The van der Waals surface area contributed by atoms with Gasteiger partial charge in [-0.25, -0.2) is 0 Å². The van der Waals surface area contributed by atoms with E-state index in [1.165, 1.54) is 0 Å². The molecular weight excluding hydrogens is 339 g/mol. The molecule has 0 saturated carbocycles. The van der Waals surface area contributed by atoms with Gasteiger partial charge >= 0.3 is 0 Å². The number of rotatable bonds is 6. The molecule has 0 spiro atoms. The summed E-state index contributed by atoms with van der Waals surface area (Å²) >= 11 is 11.9. The van der Waals surface area contributed by atoms with Crippen LogP contribution < -0.4 is 15.8 Å². The molecule has 5 nitrogen and oxygen atoms in total. The molecule has 7 heteroatoms. The van der Waals surface area contributed by atoms with Gasteiger partial charge in [-0.1, -0.05) is 35.3 Å². The second-order valence-electron chi connectivity index (χ2n) is 4.77. The Hall–Kier alpha value is -1.95. The molecule has 0 heterocycles. The van der Waals surface area contributed by atoms with Crippen LogP contribution in [0.25, 0.3) is 0 Å². The first-order valence-corrected chi connectivity index (χ1v) is 7.62. The fourth-order valence-electron chi connectivity index (χ4n) is 1.91. The Kier molecular flexibility index (Phi) is 6.10. The molecule has 0 radical (unpaired) electrons. The third-order valence-electron chi connectivity index (χ3n) is 3.03. The quantitative estimate of drug-likeness (QED) is 0.696. The van der Waals surface area contributed by atoms with E-state index in [4.69, 9.17) is 38.8 Å². The van der Waals surface area contributed by atoms with Crippen molar-refractivity contribution in [2.24, 2.45) is 0 Å². The zero-order valence-corrected chi connectivity index (χ0v) is 13.7. The molecule has 0 aliphatic rings. The Morgan fingerprint density at radius 1 is 1.22 bits per heavy atom. The summed E-state index contributed by atoms with van der Waals surface area (Å²) < 4.78 is 5.62. The highest BCUT2D eigenvalue weighted by Crippen LogP contribution is 2.34. The van der Waals surface area contributed by atoms with Crippen molar-refractivity contribution in [2.75, 3.05) is 18.9 Å². The molecule has 0 aromatic heterocycles. The number of nitrogen functional groups attached to an aromatic ring is 1. The van der Waals surface area contributed by atoms with Crippen molar-refractivity contribution in [2.45, 2.75) is 6.61 Å². The summed E-state index contributed by atoms with van der Waals surface area (Å²) in [5.74, 6) is 0.136. The summed E-state index contributed by atoms with van der Waals surface area (Å²) in [5, 5.41) is 12.1. The van der Waals surface area contributed by atoms with Crippen molar-refractivity contribution in [3.8, 4) is 5.75 Å². The number of aliphatic hydroxyl groups is 1. The van der Waals surface area contributed by atoms with Crippen LogP contribution in [0.1, 0.15) is 15.9 Å². The zero-order chi connectivity index (χ0) is 16.8. The van der Waals surface area contributed by atoms with Gasteiger partial charge in [0.1, 0.15) is 6.61 Å². The Labute approximate surface area is 144 Å². The van der Waals surface area contributed by atoms with Crippen molar-refractivity contribution in [1.82, 2.24) is 5.32 Å². The fraction of sp³-hybridized carbons (Fsp3) is 0.188. The number of carbonyl (C=O) groups is 1. The van der Waals surface area contributed by atoms with Crippen molar-refractivity contribution >= 4 is 34.8 Å². The van der Waals surface area contributed by atoms with E-state index in [-0.39, 0.29) is 25.7 Å². The number of nitrogens with two attached hydrogens (primary N) is 1. The minimum Gasteiger partial charge on any atom is -0.485 e. The predicted molar refractivity (Wildman–Crippen MR) is 91.1 cm³/mol. The largest absolute Gasteiger partial charge is 0.485 e. The maximum atomic E-state index is 11.7. The Morgan fingerprint density at radius 2 is 1.91 bits per heavy atom. The van der Waals surface area contributed by atoms with Crippen LogP contribution in [0.4, 0.5) is 5.69 Å². The molecule has 2 aromatic rings. The Balaban J connectivity index is 2.01. The van der Waals surface area contributed by atoms with Gasteiger partial charge in [0.25, 0.3) is 5.91 Å². The summed E-state index contributed by atoms with van der Waals surface area (Å²) in [6.45, 7) is 0.378. The lowest BCUT2D eigenvalue weighted by molar-refractivity contribution is 0.0944. The van der Waals surface area contributed by atoms with E-state index in [2.05, 4.69) is 5.32 Å². The van der Waals surface area contributed by atoms with Crippen LogP contribution in [0.3, 0.4) is 0 Å². The topological polar surface area (TPSA) is 84.6 Å². The van der Waals surface area contributed by atoms with Crippen molar-refractivity contribution in [3.63, 3.8) is 0 Å². The summed E-state index contributed by atoms with van der Waals surface area (Å²) in [6, 6.07) is 10.0. The van der Waals surface area contributed by atoms with Crippen LogP contribution in [0.2, 0.25) is 10.0 Å². The molecule has 0 unspecified atom stereocenters. The standard InChI is InChI=1S/C16H16Cl2N2O3/c17-12-7-13(18)15(14(19)8-12)23-9-10-1-3-11(4-2-10)16(22)20-5-6-21/h1-4,7-8,21H,5-6,9,19H2,(H,20,22). The molecule has 122 valence electrons. The number of anilines is 1. The molecule has 4 N–H and O–H groups in total. The molecule has 23 heavy (non-hydrogen) atoms. The Bertz CT molecular complexity index is 667. The third-order valence-corrected chi connectivity index (χ3v) is 3.53. The van der Waals surface area contributed by atoms with Crippen molar-refractivity contribution in [3.05, 3.63) is 57.6 Å². The van der Waals surface area contributed by atoms with E-state index in [1.54, 1.807) is 36.4 Å². The maximum absolute atomic E-state index is 11.7. The number of amides is 1. The lowest BCUT2D eigenvalue weighted by Gasteiger charge is -2.11. The lowest BCUT2D eigenvalue weighted by Crippen LogP contribution is -2.26. The molecule has 0 fully saturated rings. The minimum atomic E-state index is -0.239. The molecule has 2 rings (SSSR count). The van der Waals surface area contributed by atoms with Gasteiger partial charge in [0.05, 0.1) is 17.3 Å². The second kappa shape index (κ2) is 8.06. The maximum Gasteiger partial charge on any atom is 0.251 e. The van der Waals surface area contributed by atoms with Gasteiger partial charge in [-0.3, -0.25) is 4.79 Å². The fourth-order valence-corrected chi connectivity index (χ4v) is 2.48. The van der Waals surface area contributed by atoms with Crippen LogP contribution >= 0.6 is 23.2 Å². The second-order valence-corrected chi connectivity index (χ2v) is 5.61. The van der Waals surface area contributed by atoms with Crippen LogP contribution in [0, 0.1) is 0 Å². The SMILES string of the molecule is Nc1cc(Cl)cc(Cl)c1OCc1ccc(C(=O)NCCO)cc1. The van der Waals surface area contributed by atoms with E-state index in [1.807, 2.05) is 0 Å². The van der Waals surface area contributed by atoms with Crippen LogP contribution in [-0.2, 0) is 6.61 Å². The van der Waals surface area contributed by atoms with Gasteiger partial charge in [-0.15, -0.1) is 0 Å². The number of aliphatic hydroxyl groups excluding tert-OH is 1. The van der Waals surface area contributed by atoms with Gasteiger partial charge in [0.2, 0.25) is 0 Å². The van der Waals surface area contributed by atoms with E-state index < -0.39 is 0 Å². The monoisotopic (exact) mass is 354 g/mol. The Morgan fingerprint density at radius 3 is 2.52 bits per heavy atom. The zero-order valence-electron chi connectivity index (χ0n) is 12.2. The molecule has 0 bridgehead atoms. The number of ether oxygens (including phenoxy) is 1. The first kappa shape index (κ1) is 17.4. The molecule has 2 aromatic carbocycles. The van der Waals surface area contributed by atoms with Gasteiger partial charge in [-0.2, -0.15) is 0 Å². The molecule has 0 aliphatic heterocycles. The molecule has 0 atom stereocenters. The number of carbonyl (C=O) groups excluding carboxylic acids is 1. The molecule has 0 saturated heterocycles. The predicted octanol–water partition coefficient (Wildman–Crippen LogP) is 2.88. The number of nitrogens with one attached hydrogen (secondary N) is 1. The van der Waals surface area contributed by atoms with Gasteiger partial charge in [0, 0.05) is 17.1 Å². The molecule has 0 aliphatic carbocycles. The van der Waals surface area contributed by atoms with Gasteiger partial charge in [0.15, 0.2) is 5.75 Å². The average molecular weight is 355 g/mol. The van der Waals surface area contributed by atoms with E-state index in [0.29, 0.717) is 27.0 Å². The lowest BCUT2D eigenvalue weighted by atomic mass is 10.1. The highest BCUT2D eigenvalue weighted by Gasteiger charge is 2.09. The molecular formula is C16H16Cl2N2O3. The van der Waals surface area contributed by atoms with Crippen LogP contribution in [0.15, 0.2) is 36.4 Å². The summed E-state index contributed by atoms with van der Waals surface area (Å²) in [4.78, 5) is 11.7. The van der Waals surface area contributed by atoms with E-state index >= 15 is 0 Å². The highest BCUT2D eigenvalue weighted by molar-refractivity contribution is 6.36. The van der Waals surface area contributed by atoms with Crippen LogP contribution in [-0.4, -0.2) is 24.2 Å². The molecule has 1 amide bonds. The number of halogens is 2. The summed E-state index contributed by atoms with van der Waals surface area (Å²) in [7, 11) is 0. The third kappa shape index (κ3) is 4.76. The van der Waals surface area contributed by atoms with Crippen LogP contribution in [0.5, 0.6) is 5.75 Å². The number of hydrogen-bond donors (Lipinski definition) is 3. The first-order valence-electron chi connectivity index (χ1n) is 6.86. The smallest absolute Gasteiger partial charge is 0.251 e. The van der Waals surface area contributed by atoms with E-state index in [0.717, 1.165) is 5.56 Å².